The molecular formula is C22H14N6O2. The molecule has 4 aromatic heterocycles. The number of benzene rings is 2. The Bertz CT molecular complexity index is 1600. The van der Waals surface area contributed by atoms with Crippen molar-refractivity contribution in [3.05, 3.63) is 83.3 Å². The Kier molecular flexibility index (Phi) is 3.45. The van der Waals surface area contributed by atoms with Crippen LogP contribution in [0, 0.1) is 0 Å². The fourth-order valence-corrected chi connectivity index (χ4v) is 3.60. The van der Waals surface area contributed by atoms with Crippen LogP contribution in [-0.4, -0.2) is 24.6 Å². The average Bonchev–Trinajstić information content (AvgIpc) is 3.46. The van der Waals surface area contributed by atoms with Gasteiger partial charge in [-0.25, -0.2) is 9.38 Å². The van der Waals surface area contributed by atoms with Crippen molar-refractivity contribution in [3.63, 3.8) is 0 Å². The number of para-hydroxylation sites is 2. The molecule has 0 amide bonds. The highest BCUT2D eigenvalue weighted by molar-refractivity contribution is 5.93. The van der Waals surface area contributed by atoms with Crippen LogP contribution in [0.25, 0.3) is 39.0 Å². The van der Waals surface area contributed by atoms with Crippen LogP contribution in [0.1, 0.15) is 0 Å². The van der Waals surface area contributed by atoms with Gasteiger partial charge in [0.05, 0.1) is 22.7 Å². The summed E-state index contributed by atoms with van der Waals surface area (Å²) in [4.78, 5) is 22.4. The lowest BCUT2D eigenvalue weighted by atomic mass is 10.2. The lowest BCUT2D eigenvalue weighted by Gasteiger charge is -2.11. The molecule has 0 unspecified atom stereocenters. The summed E-state index contributed by atoms with van der Waals surface area (Å²) in [7, 11) is 0. The summed E-state index contributed by atoms with van der Waals surface area (Å²) < 4.78 is 6.94. The minimum Gasteiger partial charge on any atom is -0.463 e. The molecule has 2 aromatic carbocycles. The highest BCUT2D eigenvalue weighted by Crippen LogP contribution is 2.27. The van der Waals surface area contributed by atoms with Crippen LogP contribution in [0.4, 0.5) is 11.6 Å². The molecule has 0 aliphatic carbocycles. The molecule has 8 heteroatoms. The number of H-pyrrole nitrogens is 1. The summed E-state index contributed by atoms with van der Waals surface area (Å²) in [5.41, 5.74) is 1.86. The number of nitrogens with zero attached hydrogens (tertiary/aromatic N) is 4. The third-order valence-electron chi connectivity index (χ3n) is 4.97. The van der Waals surface area contributed by atoms with Crippen LogP contribution in [0.5, 0.6) is 0 Å². The first-order valence-electron chi connectivity index (χ1n) is 9.34. The Hall–Kier alpha value is -4.46. The first-order valence-corrected chi connectivity index (χ1v) is 9.34. The fraction of sp³-hybridized carbons (Fsp3) is 0. The van der Waals surface area contributed by atoms with Gasteiger partial charge < -0.3 is 9.73 Å². The number of aromatic nitrogens is 5. The van der Waals surface area contributed by atoms with Gasteiger partial charge in [-0.3, -0.25) is 9.89 Å². The van der Waals surface area contributed by atoms with Crippen molar-refractivity contribution in [2.75, 3.05) is 5.32 Å². The van der Waals surface area contributed by atoms with E-state index in [2.05, 4.69) is 25.5 Å². The Morgan fingerprint density at radius 2 is 1.77 bits per heavy atom. The van der Waals surface area contributed by atoms with Gasteiger partial charge in [-0.1, -0.05) is 24.3 Å². The van der Waals surface area contributed by atoms with Gasteiger partial charge in [0, 0.05) is 11.5 Å². The summed E-state index contributed by atoms with van der Waals surface area (Å²) in [6.07, 6.45) is 1.60. The number of hydrogen-bond donors (Lipinski definition) is 2. The number of aromatic amines is 1. The number of hydrogen-bond acceptors (Lipinski definition) is 6. The Morgan fingerprint density at radius 1 is 0.933 bits per heavy atom. The van der Waals surface area contributed by atoms with Gasteiger partial charge in [0.25, 0.3) is 5.56 Å². The zero-order valence-electron chi connectivity index (χ0n) is 15.5. The maximum absolute atomic E-state index is 13.1. The second kappa shape index (κ2) is 6.28. The smallest absolute Gasteiger partial charge is 0.267 e. The quantitative estimate of drug-likeness (QED) is 0.346. The van der Waals surface area contributed by atoms with Crippen molar-refractivity contribution in [2.24, 2.45) is 0 Å². The van der Waals surface area contributed by atoms with Gasteiger partial charge in [0.2, 0.25) is 5.78 Å². The Labute approximate surface area is 168 Å². The van der Waals surface area contributed by atoms with E-state index in [1.807, 2.05) is 60.7 Å². The number of rotatable bonds is 3. The van der Waals surface area contributed by atoms with Gasteiger partial charge in [-0.05, 0) is 36.4 Å². The minimum atomic E-state index is -0.146. The molecule has 0 fully saturated rings. The molecule has 0 saturated heterocycles. The second-order valence-electron chi connectivity index (χ2n) is 6.82. The van der Waals surface area contributed by atoms with E-state index >= 15 is 0 Å². The number of fused-ring (bicyclic) bond motifs is 4. The normalized spacial score (nSPS) is 11.5. The van der Waals surface area contributed by atoms with E-state index in [0.717, 1.165) is 10.9 Å². The van der Waals surface area contributed by atoms with Crippen molar-refractivity contribution in [1.82, 2.24) is 24.6 Å². The number of furan rings is 1. The predicted octanol–water partition coefficient (Wildman–Crippen LogP) is 4.12. The maximum atomic E-state index is 13.1. The molecule has 0 radical (unpaired) electrons. The molecule has 4 heterocycles. The molecule has 30 heavy (non-hydrogen) atoms. The molecule has 2 N–H and O–H groups in total. The molecule has 144 valence electrons. The first-order chi connectivity index (χ1) is 14.8. The summed E-state index contributed by atoms with van der Waals surface area (Å²) in [5.74, 6) is 2.20. The van der Waals surface area contributed by atoms with Crippen molar-refractivity contribution < 1.29 is 4.42 Å². The topological polar surface area (TPSA) is 101 Å². The first kappa shape index (κ1) is 16.5. The molecule has 0 spiro atoms. The van der Waals surface area contributed by atoms with Crippen molar-refractivity contribution in [1.29, 1.82) is 0 Å². The van der Waals surface area contributed by atoms with Gasteiger partial charge in [0.15, 0.2) is 5.76 Å². The second-order valence-corrected chi connectivity index (χ2v) is 6.82. The molecule has 0 saturated carbocycles. The van der Waals surface area contributed by atoms with E-state index in [1.165, 1.54) is 0 Å². The summed E-state index contributed by atoms with van der Waals surface area (Å²) >= 11 is 0. The fourth-order valence-electron chi connectivity index (χ4n) is 3.60. The lowest BCUT2D eigenvalue weighted by Crippen LogP contribution is -2.17. The summed E-state index contributed by atoms with van der Waals surface area (Å²) in [6.45, 7) is 0. The van der Waals surface area contributed by atoms with Gasteiger partial charge in [-0.2, -0.15) is 10.1 Å². The largest absolute Gasteiger partial charge is 0.463 e. The molecule has 0 atom stereocenters. The highest BCUT2D eigenvalue weighted by Gasteiger charge is 2.14. The zero-order chi connectivity index (χ0) is 20.1. The number of anilines is 2. The van der Waals surface area contributed by atoms with Crippen molar-refractivity contribution >= 4 is 39.2 Å². The van der Waals surface area contributed by atoms with Crippen LogP contribution in [0.3, 0.4) is 0 Å². The van der Waals surface area contributed by atoms with E-state index in [4.69, 9.17) is 4.42 Å². The third kappa shape index (κ3) is 2.47. The average molecular weight is 394 g/mol. The van der Waals surface area contributed by atoms with Crippen LogP contribution in [-0.2, 0) is 0 Å². The summed E-state index contributed by atoms with van der Waals surface area (Å²) in [6, 6.07) is 20.3. The van der Waals surface area contributed by atoms with Crippen molar-refractivity contribution in [3.8, 4) is 11.5 Å². The molecule has 0 aliphatic heterocycles. The monoisotopic (exact) mass is 394 g/mol. The van der Waals surface area contributed by atoms with Crippen LogP contribution < -0.4 is 10.9 Å². The molecule has 8 nitrogen and oxygen atoms in total. The molecular weight excluding hydrogens is 380 g/mol. The Balaban J connectivity index is 1.57. The highest BCUT2D eigenvalue weighted by atomic mass is 16.3. The van der Waals surface area contributed by atoms with Gasteiger partial charge in [-0.15, -0.1) is 0 Å². The van der Waals surface area contributed by atoms with E-state index in [0.29, 0.717) is 39.8 Å². The molecule has 0 bridgehead atoms. The van der Waals surface area contributed by atoms with E-state index in [-0.39, 0.29) is 5.56 Å². The lowest BCUT2D eigenvalue weighted by molar-refractivity contribution is 0.580. The maximum Gasteiger partial charge on any atom is 0.267 e. The molecule has 0 aliphatic rings. The zero-order valence-corrected chi connectivity index (χ0v) is 15.5. The molecule has 6 aromatic rings. The standard InChI is InChI=1S/C22H14N6O2/c29-21-13-6-1-3-8-15(13)23-22-25-20(14-7-2-4-9-17(14)28(21)22)24-19-12-16(26-27-19)18-10-5-11-30-18/h1-12H,(H2,23,24,25,26,27). The van der Waals surface area contributed by atoms with E-state index in [9.17, 15) is 4.79 Å². The van der Waals surface area contributed by atoms with Gasteiger partial charge >= 0.3 is 0 Å². The predicted molar refractivity (Wildman–Crippen MR) is 114 cm³/mol. The van der Waals surface area contributed by atoms with Crippen molar-refractivity contribution in [2.45, 2.75) is 0 Å². The minimum absolute atomic E-state index is 0.146. The third-order valence-corrected chi connectivity index (χ3v) is 4.97. The SMILES string of the molecule is O=c1c2ccccc2nc2nc(Nc3cc(-c4ccco4)n[nH]3)c3ccccc3n12. The Morgan fingerprint density at radius 3 is 2.63 bits per heavy atom. The van der Waals surface area contributed by atoms with Crippen LogP contribution in [0.15, 0.2) is 82.2 Å². The van der Waals surface area contributed by atoms with Gasteiger partial charge in [0.1, 0.15) is 17.3 Å². The van der Waals surface area contributed by atoms with E-state index < -0.39 is 0 Å². The molecule has 6 rings (SSSR count). The van der Waals surface area contributed by atoms with E-state index in [1.54, 1.807) is 16.7 Å². The summed E-state index contributed by atoms with van der Waals surface area (Å²) in [5, 5.41) is 11.8. The van der Waals surface area contributed by atoms with Crippen LogP contribution in [0.2, 0.25) is 0 Å². The van der Waals surface area contributed by atoms with Crippen LogP contribution >= 0.6 is 0 Å². The number of nitrogens with one attached hydrogen (secondary N) is 2.